The van der Waals surface area contributed by atoms with E-state index in [0.29, 0.717) is 13.2 Å². The van der Waals surface area contributed by atoms with E-state index in [4.69, 9.17) is 9.47 Å². The maximum Gasteiger partial charge on any atom is 0.248 e. The van der Waals surface area contributed by atoms with Gasteiger partial charge in [0.15, 0.2) is 0 Å². The van der Waals surface area contributed by atoms with E-state index in [2.05, 4.69) is 27.2 Å². The van der Waals surface area contributed by atoms with E-state index < -0.39 is 0 Å². The predicted octanol–water partition coefficient (Wildman–Crippen LogP) is 3.01. The molecule has 1 N–H and O–H groups in total. The van der Waals surface area contributed by atoms with Gasteiger partial charge >= 0.3 is 0 Å². The number of carbonyl (C=O) groups excluding carboxylic acids is 1. The van der Waals surface area contributed by atoms with Crippen LogP contribution in [0.3, 0.4) is 0 Å². The van der Waals surface area contributed by atoms with Crippen LogP contribution in [0.5, 0.6) is 0 Å². The number of amides is 1. The first-order valence-electron chi connectivity index (χ1n) is 10.1. The Morgan fingerprint density at radius 3 is 2.21 bits per heavy atom. The third-order valence-corrected chi connectivity index (χ3v) is 5.19. The van der Waals surface area contributed by atoms with Crippen molar-refractivity contribution < 1.29 is 14.3 Å². The molecule has 0 aliphatic carbocycles. The van der Waals surface area contributed by atoms with Crippen LogP contribution in [0.15, 0.2) is 54.6 Å². The van der Waals surface area contributed by atoms with Gasteiger partial charge in [-0.15, -0.1) is 0 Å². The van der Waals surface area contributed by atoms with Gasteiger partial charge in [-0.25, -0.2) is 0 Å². The number of nitrogens with one attached hydrogen (secondary N) is 1. The first-order valence-corrected chi connectivity index (χ1v) is 10.1. The van der Waals surface area contributed by atoms with Crippen molar-refractivity contribution in [3.8, 4) is 0 Å². The van der Waals surface area contributed by atoms with Crippen LogP contribution in [0.2, 0.25) is 0 Å². The molecular weight excluding hydrogens is 366 g/mol. The molecule has 0 bridgehead atoms. The van der Waals surface area contributed by atoms with Crippen LogP contribution in [-0.2, 0) is 14.3 Å². The van der Waals surface area contributed by atoms with E-state index in [1.54, 1.807) is 6.08 Å². The Morgan fingerprint density at radius 1 is 0.862 bits per heavy atom. The summed E-state index contributed by atoms with van der Waals surface area (Å²) >= 11 is 0. The molecule has 152 valence electrons. The molecule has 0 radical (unpaired) electrons. The van der Waals surface area contributed by atoms with Crippen LogP contribution >= 0.6 is 0 Å². The van der Waals surface area contributed by atoms with Crippen LogP contribution in [0, 0.1) is 0 Å². The molecule has 4 rings (SSSR count). The topological polar surface area (TPSA) is 54.0 Å². The molecule has 0 unspecified atom stereocenters. The fourth-order valence-electron chi connectivity index (χ4n) is 3.62. The van der Waals surface area contributed by atoms with E-state index in [0.717, 1.165) is 62.0 Å². The van der Waals surface area contributed by atoms with Crippen molar-refractivity contribution in [2.75, 3.05) is 67.7 Å². The number of anilines is 3. The molecule has 6 heteroatoms. The van der Waals surface area contributed by atoms with Gasteiger partial charge in [-0.3, -0.25) is 4.79 Å². The van der Waals surface area contributed by atoms with E-state index in [-0.39, 0.29) is 5.91 Å². The highest BCUT2D eigenvalue weighted by molar-refractivity contribution is 6.04. The highest BCUT2D eigenvalue weighted by Gasteiger charge is 2.19. The van der Waals surface area contributed by atoms with Gasteiger partial charge in [0.2, 0.25) is 5.91 Å². The number of nitrogens with zero attached hydrogens (tertiary/aromatic N) is 2. The lowest BCUT2D eigenvalue weighted by Crippen LogP contribution is -2.38. The number of rotatable bonds is 5. The summed E-state index contributed by atoms with van der Waals surface area (Å²) in [5.41, 5.74) is 4.02. The van der Waals surface area contributed by atoms with Crippen molar-refractivity contribution in [3.63, 3.8) is 0 Å². The molecule has 2 heterocycles. The lowest BCUT2D eigenvalue weighted by Gasteiger charge is -2.33. The monoisotopic (exact) mass is 393 g/mol. The summed E-state index contributed by atoms with van der Waals surface area (Å²) in [5, 5.41) is 3.06. The van der Waals surface area contributed by atoms with Gasteiger partial charge in [-0.1, -0.05) is 30.3 Å². The summed E-state index contributed by atoms with van der Waals surface area (Å²) in [7, 11) is 0. The Kier molecular flexibility index (Phi) is 6.44. The van der Waals surface area contributed by atoms with E-state index in [9.17, 15) is 4.79 Å². The molecule has 0 spiro atoms. The smallest absolute Gasteiger partial charge is 0.248 e. The number of hydrogen-bond acceptors (Lipinski definition) is 5. The molecule has 0 atom stereocenters. The quantitative estimate of drug-likeness (QED) is 0.792. The predicted molar refractivity (Wildman–Crippen MR) is 117 cm³/mol. The average Bonchev–Trinajstić information content (AvgIpc) is 2.80. The molecule has 29 heavy (non-hydrogen) atoms. The molecule has 2 aromatic rings. The average molecular weight is 393 g/mol. The standard InChI is InChI=1S/C23H27N3O3/c27-23(9-6-19-4-2-1-3-5-19)24-21-8-7-20(25-10-14-28-15-11-25)18-22(21)26-12-16-29-17-13-26/h1-9,18H,10-17H2,(H,24,27)/b9-6+. The Morgan fingerprint density at radius 2 is 1.52 bits per heavy atom. The summed E-state index contributed by atoms with van der Waals surface area (Å²) in [5.74, 6) is -0.137. The minimum Gasteiger partial charge on any atom is -0.378 e. The molecule has 2 aromatic carbocycles. The Labute approximate surface area is 171 Å². The molecule has 0 aromatic heterocycles. The van der Waals surface area contributed by atoms with Crippen molar-refractivity contribution in [2.45, 2.75) is 0 Å². The fraction of sp³-hybridized carbons (Fsp3) is 0.348. The first kappa shape index (κ1) is 19.5. The number of ether oxygens (including phenoxy) is 2. The maximum atomic E-state index is 12.5. The largest absolute Gasteiger partial charge is 0.378 e. The minimum atomic E-state index is -0.137. The van der Waals surface area contributed by atoms with Gasteiger partial charge in [-0.05, 0) is 29.8 Å². The molecule has 2 aliphatic rings. The second-order valence-electron chi connectivity index (χ2n) is 7.13. The molecule has 1 amide bonds. The highest BCUT2D eigenvalue weighted by atomic mass is 16.5. The molecule has 0 saturated carbocycles. The lowest BCUT2D eigenvalue weighted by molar-refractivity contribution is -0.111. The molecule has 2 fully saturated rings. The maximum absolute atomic E-state index is 12.5. The second-order valence-corrected chi connectivity index (χ2v) is 7.13. The zero-order chi connectivity index (χ0) is 19.9. The summed E-state index contributed by atoms with van der Waals surface area (Å²) < 4.78 is 11.0. The minimum absolute atomic E-state index is 0.137. The third-order valence-electron chi connectivity index (χ3n) is 5.19. The van der Waals surface area contributed by atoms with Gasteiger partial charge in [0, 0.05) is 37.9 Å². The highest BCUT2D eigenvalue weighted by Crippen LogP contribution is 2.32. The molecule has 2 saturated heterocycles. The van der Waals surface area contributed by atoms with Gasteiger partial charge in [-0.2, -0.15) is 0 Å². The van der Waals surface area contributed by atoms with Crippen LogP contribution in [0.25, 0.3) is 6.08 Å². The van der Waals surface area contributed by atoms with E-state index in [1.165, 1.54) is 0 Å². The second kappa shape index (κ2) is 9.58. The van der Waals surface area contributed by atoms with Gasteiger partial charge in [0.05, 0.1) is 37.8 Å². The fourth-order valence-corrected chi connectivity index (χ4v) is 3.62. The summed E-state index contributed by atoms with van der Waals surface area (Å²) in [6.45, 7) is 6.28. The normalized spacial score (nSPS) is 17.5. The third kappa shape index (κ3) is 5.16. The number of hydrogen-bond donors (Lipinski definition) is 1. The van der Waals surface area contributed by atoms with Crippen molar-refractivity contribution in [3.05, 3.63) is 60.2 Å². The number of benzene rings is 2. The van der Waals surface area contributed by atoms with Crippen molar-refractivity contribution in [1.82, 2.24) is 0 Å². The van der Waals surface area contributed by atoms with Crippen LogP contribution in [-0.4, -0.2) is 58.5 Å². The molecular formula is C23H27N3O3. The van der Waals surface area contributed by atoms with Crippen LogP contribution in [0.4, 0.5) is 17.1 Å². The molecule has 2 aliphatic heterocycles. The van der Waals surface area contributed by atoms with Gasteiger partial charge in [0.25, 0.3) is 0 Å². The Bertz CT molecular complexity index is 842. The van der Waals surface area contributed by atoms with Gasteiger partial charge < -0.3 is 24.6 Å². The van der Waals surface area contributed by atoms with Gasteiger partial charge in [0.1, 0.15) is 0 Å². The number of carbonyl (C=O) groups is 1. The summed E-state index contributed by atoms with van der Waals surface area (Å²) in [6, 6.07) is 16.1. The lowest BCUT2D eigenvalue weighted by atomic mass is 10.1. The SMILES string of the molecule is O=C(/C=C/c1ccccc1)Nc1ccc(N2CCOCC2)cc1N1CCOCC1. The molecule has 6 nitrogen and oxygen atoms in total. The first-order chi connectivity index (χ1) is 14.3. The summed E-state index contributed by atoms with van der Waals surface area (Å²) in [4.78, 5) is 17.1. The number of morpholine rings is 2. The van der Waals surface area contributed by atoms with Crippen LogP contribution < -0.4 is 15.1 Å². The van der Waals surface area contributed by atoms with E-state index >= 15 is 0 Å². The van der Waals surface area contributed by atoms with E-state index in [1.807, 2.05) is 42.5 Å². The van der Waals surface area contributed by atoms with Crippen molar-refractivity contribution >= 4 is 29.0 Å². The Hall–Kier alpha value is -2.83. The zero-order valence-corrected chi connectivity index (χ0v) is 16.5. The van der Waals surface area contributed by atoms with Crippen molar-refractivity contribution in [2.24, 2.45) is 0 Å². The zero-order valence-electron chi connectivity index (χ0n) is 16.5. The van der Waals surface area contributed by atoms with Crippen molar-refractivity contribution in [1.29, 1.82) is 0 Å². The Balaban J connectivity index is 1.54. The summed E-state index contributed by atoms with van der Waals surface area (Å²) in [6.07, 6.45) is 3.40. The van der Waals surface area contributed by atoms with Crippen LogP contribution in [0.1, 0.15) is 5.56 Å².